The Balaban J connectivity index is 1.49. The molecule has 0 aromatic heterocycles. The van der Waals surface area contributed by atoms with Gasteiger partial charge < -0.3 is 19.5 Å². The summed E-state index contributed by atoms with van der Waals surface area (Å²) in [7, 11) is 1.64. The third kappa shape index (κ3) is 3.24. The monoisotopic (exact) mass is 333 g/mol. The molecule has 1 aliphatic carbocycles. The van der Waals surface area contributed by atoms with E-state index >= 15 is 0 Å². The van der Waals surface area contributed by atoms with Gasteiger partial charge in [0.2, 0.25) is 5.91 Å². The lowest BCUT2D eigenvalue weighted by Gasteiger charge is -2.33. The van der Waals surface area contributed by atoms with Crippen LogP contribution in [0.25, 0.3) is 0 Å². The molecule has 24 heavy (non-hydrogen) atoms. The Morgan fingerprint density at radius 1 is 1.25 bits per heavy atom. The van der Waals surface area contributed by atoms with Crippen molar-refractivity contribution in [1.82, 2.24) is 4.90 Å². The van der Waals surface area contributed by atoms with Gasteiger partial charge in [0.15, 0.2) is 0 Å². The number of rotatable bonds is 6. The van der Waals surface area contributed by atoms with Crippen molar-refractivity contribution in [2.75, 3.05) is 20.2 Å². The van der Waals surface area contributed by atoms with E-state index in [9.17, 15) is 14.7 Å². The second-order valence-electron chi connectivity index (χ2n) is 6.50. The van der Waals surface area contributed by atoms with E-state index in [1.54, 1.807) is 12.0 Å². The fraction of sp³-hybridized carbons (Fsp3) is 0.556. The number of para-hydroxylation sites is 1. The molecule has 1 amide bonds. The van der Waals surface area contributed by atoms with Crippen LogP contribution in [-0.2, 0) is 20.9 Å². The molecule has 0 spiro atoms. The Morgan fingerprint density at radius 2 is 1.92 bits per heavy atom. The predicted octanol–water partition coefficient (Wildman–Crippen LogP) is 2.07. The maximum atomic E-state index is 12.4. The summed E-state index contributed by atoms with van der Waals surface area (Å²) in [6.07, 6.45) is 2.48. The number of likely N-dealkylation sites (tertiary alicyclic amines) is 1. The molecule has 0 bridgehead atoms. The summed E-state index contributed by atoms with van der Waals surface area (Å²) in [6, 6.07) is 7.74. The van der Waals surface area contributed by atoms with Crippen molar-refractivity contribution >= 4 is 11.9 Å². The van der Waals surface area contributed by atoms with Crippen LogP contribution in [0, 0.1) is 5.41 Å². The SMILES string of the molecule is COc1ccccc1COC1CCN(C(=O)C2(C(=O)O)CC2)CC1. The van der Waals surface area contributed by atoms with Gasteiger partial charge in [0.05, 0.1) is 19.8 Å². The molecule has 130 valence electrons. The smallest absolute Gasteiger partial charge is 0.319 e. The number of methoxy groups -OCH3 is 1. The lowest BCUT2D eigenvalue weighted by Crippen LogP contribution is -2.46. The molecule has 0 atom stereocenters. The van der Waals surface area contributed by atoms with Crippen molar-refractivity contribution in [3.05, 3.63) is 29.8 Å². The van der Waals surface area contributed by atoms with Crippen LogP contribution in [0.2, 0.25) is 0 Å². The minimum absolute atomic E-state index is 0.0824. The summed E-state index contributed by atoms with van der Waals surface area (Å²) >= 11 is 0. The minimum atomic E-state index is -1.13. The van der Waals surface area contributed by atoms with E-state index in [0.717, 1.165) is 24.2 Å². The summed E-state index contributed by atoms with van der Waals surface area (Å²) in [4.78, 5) is 25.3. The van der Waals surface area contributed by atoms with Crippen molar-refractivity contribution in [3.8, 4) is 5.75 Å². The highest BCUT2D eigenvalue weighted by atomic mass is 16.5. The zero-order valence-corrected chi connectivity index (χ0v) is 13.9. The number of hydrogen-bond acceptors (Lipinski definition) is 4. The van der Waals surface area contributed by atoms with Gasteiger partial charge in [-0.2, -0.15) is 0 Å². The molecule has 6 heteroatoms. The molecule has 6 nitrogen and oxygen atoms in total. The van der Waals surface area contributed by atoms with Crippen LogP contribution in [0.4, 0.5) is 0 Å². The number of benzene rings is 1. The van der Waals surface area contributed by atoms with Crippen molar-refractivity contribution in [3.63, 3.8) is 0 Å². The van der Waals surface area contributed by atoms with Crippen LogP contribution in [0.5, 0.6) is 5.75 Å². The van der Waals surface area contributed by atoms with Gasteiger partial charge in [0.25, 0.3) is 0 Å². The molecule has 2 fully saturated rings. The summed E-state index contributed by atoms with van der Waals surface area (Å²) in [5.74, 6) is -0.400. The van der Waals surface area contributed by atoms with Crippen LogP contribution in [0.1, 0.15) is 31.2 Å². The second-order valence-corrected chi connectivity index (χ2v) is 6.50. The van der Waals surface area contributed by atoms with E-state index in [0.29, 0.717) is 32.5 Å². The average Bonchev–Trinajstić information content (AvgIpc) is 3.42. The highest BCUT2D eigenvalue weighted by Crippen LogP contribution is 2.47. The van der Waals surface area contributed by atoms with Crippen molar-refractivity contribution in [1.29, 1.82) is 0 Å². The molecule has 0 radical (unpaired) electrons. The molecule has 1 heterocycles. The number of carboxylic acids is 1. The summed E-state index contributed by atoms with van der Waals surface area (Å²) < 4.78 is 11.3. The van der Waals surface area contributed by atoms with E-state index in [4.69, 9.17) is 9.47 Å². The highest BCUT2D eigenvalue weighted by molar-refractivity contribution is 6.04. The van der Waals surface area contributed by atoms with Gasteiger partial charge in [0, 0.05) is 18.7 Å². The zero-order chi connectivity index (χ0) is 17.2. The Morgan fingerprint density at radius 3 is 2.50 bits per heavy atom. The molecule has 1 saturated carbocycles. The standard InChI is InChI=1S/C18H23NO5/c1-23-15-5-3-2-4-13(15)12-24-14-6-10-19(11-7-14)16(20)18(8-9-18)17(21)22/h2-5,14H,6-12H2,1H3,(H,21,22). The van der Waals surface area contributed by atoms with Crippen LogP contribution in [-0.4, -0.2) is 48.2 Å². The summed E-state index contributed by atoms with van der Waals surface area (Å²) in [5.41, 5.74) is -0.133. The van der Waals surface area contributed by atoms with Gasteiger partial charge in [-0.25, -0.2) is 0 Å². The molecule has 1 aliphatic heterocycles. The zero-order valence-electron chi connectivity index (χ0n) is 13.9. The lowest BCUT2D eigenvalue weighted by atomic mass is 10.0. The lowest BCUT2D eigenvalue weighted by molar-refractivity contribution is -0.154. The average molecular weight is 333 g/mol. The number of aliphatic carboxylic acids is 1. The summed E-state index contributed by atoms with van der Waals surface area (Å²) in [5, 5.41) is 9.23. The van der Waals surface area contributed by atoms with Gasteiger partial charge in [0.1, 0.15) is 11.2 Å². The van der Waals surface area contributed by atoms with Crippen LogP contribution in [0.15, 0.2) is 24.3 Å². The van der Waals surface area contributed by atoms with Crippen molar-refractivity contribution in [2.24, 2.45) is 5.41 Å². The van der Waals surface area contributed by atoms with E-state index in [2.05, 4.69) is 0 Å². The molecule has 1 aromatic rings. The molecular weight excluding hydrogens is 310 g/mol. The quantitative estimate of drug-likeness (QED) is 0.807. The number of carbonyl (C=O) groups excluding carboxylic acids is 1. The number of amides is 1. The molecule has 1 N–H and O–H groups in total. The molecule has 0 unspecified atom stereocenters. The number of hydrogen-bond donors (Lipinski definition) is 1. The van der Waals surface area contributed by atoms with Gasteiger partial charge in [-0.15, -0.1) is 0 Å². The normalized spacial score (nSPS) is 19.8. The minimum Gasteiger partial charge on any atom is -0.496 e. The molecule has 1 saturated heterocycles. The maximum absolute atomic E-state index is 12.4. The highest BCUT2D eigenvalue weighted by Gasteiger charge is 2.58. The first kappa shape index (κ1) is 16.8. The van der Waals surface area contributed by atoms with Crippen molar-refractivity contribution < 1.29 is 24.2 Å². The second kappa shape index (κ2) is 6.81. The first-order valence-corrected chi connectivity index (χ1v) is 8.33. The van der Waals surface area contributed by atoms with Crippen LogP contribution < -0.4 is 4.74 Å². The third-order valence-corrected chi connectivity index (χ3v) is 4.97. The third-order valence-electron chi connectivity index (χ3n) is 4.97. The Kier molecular flexibility index (Phi) is 4.76. The summed E-state index contributed by atoms with van der Waals surface area (Å²) in [6.45, 7) is 1.59. The first-order valence-electron chi connectivity index (χ1n) is 8.33. The number of carbonyl (C=O) groups is 2. The topological polar surface area (TPSA) is 76.1 Å². The van der Waals surface area contributed by atoms with Crippen molar-refractivity contribution in [2.45, 2.75) is 38.4 Å². The first-order chi connectivity index (χ1) is 11.6. The van der Waals surface area contributed by atoms with E-state index in [-0.39, 0.29) is 12.0 Å². The number of ether oxygens (including phenoxy) is 2. The Hall–Kier alpha value is -2.08. The molecule has 2 aliphatic rings. The van der Waals surface area contributed by atoms with Crippen LogP contribution >= 0.6 is 0 Å². The van der Waals surface area contributed by atoms with Gasteiger partial charge in [-0.3, -0.25) is 9.59 Å². The number of piperidine rings is 1. The molecule has 3 rings (SSSR count). The number of carboxylic acid groups (broad SMARTS) is 1. The maximum Gasteiger partial charge on any atom is 0.319 e. The van der Waals surface area contributed by atoms with Gasteiger partial charge >= 0.3 is 5.97 Å². The van der Waals surface area contributed by atoms with Gasteiger partial charge in [-0.05, 0) is 31.7 Å². The van der Waals surface area contributed by atoms with Crippen LogP contribution in [0.3, 0.4) is 0 Å². The van der Waals surface area contributed by atoms with E-state index in [1.807, 2.05) is 24.3 Å². The predicted molar refractivity (Wildman–Crippen MR) is 86.7 cm³/mol. The Bertz CT molecular complexity index is 618. The fourth-order valence-corrected chi connectivity index (χ4v) is 3.20. The fourth-order valence-electron chi connectivity index (χ4n) is 3.20. The van der Waals surface area contributed by atoms with E-state index in [1.165, 1.54) is 0 Å². The van der Waals surface area contributed by atoms with E-state index < -0.39 is 11.4 Å². The Labute approximate surface area is 141 Å². The molecule has 1 aromatic carbocycles. The molecular formula is C18H23NO5. The number of nitrogens with zero attached hydrogens (tertiary/aromatic N) is 1. The largest absolute Gasteiger partial charge is 0.496 e. The van der Waals surface area contributed by atoms with Gasteiger partial charge in [-0.1, -0.05) is 18.2 Å².